The van der Waals surface area contributed by atoms with E-state index in [9.17, 15) is 4.79 Å². The second kappa shape index (κ2) is 10.3. The zero-order chi connectivity index (χ0) is 22.5. The third-order valence-electron chi connectivity index (χ3n) is 4.25. The minimum absolute atomic E-state index is 0.0162. The smallest absolute Gasteiger partial charge is 0.278 e. The second-order valence-corrected chi connectivity index (χ2v) is 8.73. The Bertz CT molecular complexity index is 928. The molecule has 0 bridgehead atoms. The predicted octanol–water partition coefficient (Wildman–Crippen LogP) is 4.98. The maximum Gasteiger partial charge on any atom is 0.278 e. The van der Waals surface area contributed by atoms with Crippen LogP contribution in [0.3, 0.4) is 0 Å². The lowest BCUT2D eigenvalue weighted by atomic mass is 9.96. The lowest BCUT2D eigenvalue weighted by Gasteiger charge is -2.28. The van der Waals surface area contributed by atoms with Crippen molar-refractivity contribution in [1.82, 2.24) is 10.4 Å². The summed E-state index contributed by atoms with van der Waals surface area (Å²) in [7, 11) is 0. The van der Waals surface area contributed by atoms with Crippen LogP contribution in [0.25, 0.3) is 0 Å². The van der Waals surface area contributed by atoms with Gasteiger partial charge in [-0.1, -0.05) is 54.0 Å². The lowest BCUT2D eigenvalue weighted by molar-refractivity contribution is -0.131. The van der Waals surface area contributed by atoms with Crippen molar-refractivity contribution in [2.24, 2.45) is 11.1 Å². The highest BCUT2D eigenvalue weighted by atomic mass is 79.9. The van der Waals surface area contributed by atoms with Crippen molar-refractivity contribution in [2.75, 3.05) is 18.5 Å². The Morgan fingerprint density at radius 1 is 1.47 bits per heavy atom. The molecule has 0 aliphatic carbocycles. The van der Waals surface area contributed by atoms with Gasteiger partial charge in [-0.2, -0.15) is 0 Å². The van der Waals surface area contributed by atoms with Crippen molar-refractivity contribution in [3.05, 3.63) is 75.5 Å². The number of hydroxylamine groups is 1. The van der Waals surface area contributed by atoms with Gasteiger partial charge in [0.2, 0.25) is 0 Å². The van der Waals surface area contributed by atoms with E-state index in [2.05, 4.69) is 33.3 Å². The number of anilines is 1. The van der Waals surface area contributed by atoms with Gasteiger partial charge in [-0.05, 0) is 31.7 Å². The first-order valence-corrected chi connectivity index (χ1v) is 10.3. The third-order valence-corrected chi connectivity index (χ3v) is 5.05. The van der Waals surface area contributed by atoms with E-state index in [1.54, 1.807) is 37.4 Å². The molecule has 0 radical (unpaired) electrons. The van der Waals surface area contributed by atoms with Crippen LogP contribution >= 0.6 is 27.5 Å². The highest BCUT2D eigenvalue weighted by Crippen LogP contribution is 2.34. The van der Waals surface area contributed by atoms with Crippen LogP contribution in [0.1, 0.15) is 20.8 Å². The van der Waals surface area contributed by atoms with Gasteiger partial charge in [0.05, 0.1) is 34.3 Å². The van der Waals surface area contributed by atoms with Gasteiger partial charge < -0.3 is 16.0 Å². The molecule has 6 nitrogen and oxygen atoms in total. The van der Waals surface area contributed by atoms with Crippen molar-refractivity contribution < 1.29 is 14.0 Å². The van der Waals surface area contributed by atoms with E-state index in [0.29, 0.717) is 17.3 Å². The minimum atomic E-state index is -0.693. The molecular weight excluding hydrogens is 475 g/mol. The van der Waals surface area contributed by atoms with E-state index in [4.69, 9.17) is 22.2 Å². The van der Waals surface area contributed by atoms with Crippen LogP contribution in [0.2, 0.25) is 5.02 Å². The number of rotatable bonds is 8. The summed E-state index contributed by atoms with van der Waals surface area (Å²) in [6, 6.07) is 5.08. The van der Waals surface area contributed by atoms with Crippen LogP contribution in [0.15, 0.2) is 70.5 Å². The van der Waals surface area contributed by atoms with Crippen LogP contribution in [-0.2, 0) is 9.63 Å². The summed E-state index contributed by atoms with van der Waals surface area (Å²) >= 11 is 9.58. The number of hydrogen-bond acceptors (Lipinski definition) is 5. The Hall–Kier alpha value is -2.13. The molecule has 2 rings (SSSR count). The fourth-order valence-electron chi connectivity index (χ4n) is 2.38. The summed E-state index contributed by atoms with van der Waals surface area (Å²) in [5.41, 5.74) is 8.16. The van der Waals surface area contributed by atoms with Gasteiger partial charge >= 0.3 is 0 Å². The molecule has 0 saturated carbocycles. The number of amides is 1. The first-order valence-electron chi connectivity index (χ1n) is 9.16. The number of nitrogens with one attached hydrogen (secondary N) is 2. The number of nitrogens with two attached hydrogens (primary N) is 1. The van der Waals surface area contributed by atoms with E-state index >= 15 is 4.39 Å². The summed E-state index contributed by atoms with van der Waals surface area (Å²) in [5.74, 6) is -1.32. The number of halogens is 3. The van der Waals surface area contributed by atoms with E-state index in [1.165, 1.54) is 11.1 Å². The molecular formula is C21H25BrClFN4O2. The van der Waals surface area contributed by atoms with Crippen LogP contribution in [0.5, 0.6) is 0 Å². The molecule has 4 N–H and O–H groups in total. The molecule has 1 aliphatic heterocycles. The second-order valence-electron chi connectivity index (χ2n) is 7.41. The van der Waals surface area contributed by atoms with Crippen molar-refractivity contribution in [3.8, 4) is 0 Å². The standard InChI is InChI=1S/C21H25BrClFN4O2/c1-5-8-28-10-15(20(29)27-30-12-21(3,4)11-25)19(18(24)13(28)2)26-17-7-6-14(22)9-16(17)23/h5-10,26H,2,11-12,25H2,1,3-4H3,(H,27,29)/b8-5-. The van der Waals surface area contributed by atoms with Crippen LogP contribution in [0.4, 0.5) is 10.1 Å². The van der Waals surface area contributed by atoms with E-state index < -0.39 is 11.7 Å². The van der Waals surface area contributed by atoms with Crippen molar-refractivity contribution >= 4 is 39.1 Å². The Balaban J connectivity index is 2.34. The molecule has 1 aromatic carbocycles. The molecule has 162 valence electrons. The summed E-state index contributed by atoms with van der Waals surface area (Å²) in [5, 5.41) is 3.26. The Kier molecular flexibility index (Phi) is 8.25. The first kappa shape index (κ1) is 24.1. The summed E-state index contributed by atoms with van der Waals surface area (Å²) in [6.07, 6.45) is 4.76. The van der Waals surface area contributed by atoms with Crippen LogP contribution in [0, 0.1) is 5.41 Å². The molecule has 0 saturated heterocycles. The quantitative estimate of drug-likeness (QED) is 0.440. The number of benzene rings is 1. The summed E-state index contributed by atoms with van der Waals surface area (Å²) < 4.78 is 16.0. The number of nitrogens with zero attached hydrogens (tertiary/aromatic N) is 1. The third kappa shape index (κ3) is 5.95. The Morgan fingerprint density at radius 3 is 2.77 bits per heavy atom. The van der Waals surface area contributed by atoms with Crippen molar-refractivity contribution in [1.29, 1.82) is 0 Å². The zero-order valence-electron chi connectivity index (χ0n) is 17.1. The number of carbonyl (C=O) groups is 1. The molecule has 0 aromatic heterocycles. The van der Waals surface area contributed by atoms with Gasteiger partial charge in [-0.15, -0.1) is 0 Å². The Labute approximate surface area is 189 Å². The van der Waals surface area contributed by atoms with E-state index in [1.807, 2.05) is 13.8 Å². The van der Waals surface area contributed by atoms with E-state index in [-0.39, 0.29) is 29.0 Å². The van der Waals surface area contributed by atoms with E-state index in [0.717, 1.165) is 4.47 Å². The summed E-state index contributed by atoms with van der Waals surface area (Å²) in [4.78, 5) is 19.6. The number of carbonyl (C=O) groups excluding carboxylic acids is 1. The van der Waals surface area contributed by atoms with Crippen molar-refractivity contribution in [3.63, 3.8) is 0 Å². The molecule has 1 heterocycles. The van der Waals surface area contributed by atoms with Gasteiger partial charge in [0.25, 0.3) is 5.91 Å². The fraction of sp³-hybridized carbons (Fsp3) is 0.286. The van der Waals surface area contributed by atoms with Gasteiger partial charge in [0.15, 0.2) is 5.83 Å². The SMILES string of the molecule is C=C1C(F)=C(Nc2ccc(Br)cc2Cl)C(C(=O)NOCC(C)(C)CN)=CN1/C=C\C. The molecule has 0 atom stereocenters. The number of allylic oxidation sites excluding steroid dienone is 2. The van der Waals surface area contributed by atoms with Crippen LogP contribution in [-0.4, -0.2) is 24.0 Å². The lowest BCUT2D eigenvalue weighted by Crippen LogP contribution is -2.36. The van der Waals surface area contributed by atoms with Crippen LogP contribution < -0.4 is 16.5 Å². The minimum Gasteiger partial charge on any atom is -0.351 e. The fourth-order valence-corrected chi connectivity index (χ4v) is 3.10. The van der Waals surface area contributed by atoms with Crippen molar-refractivity contribution in [2.45, 2.75) is 20.8 Å². The highest BCUT2D eigenvalue weighted by molar-refractivity contribution is 9.10. The van der Waals surface area contributed by atoms with Gasteiger partial charge in [-0.3, -0.25) is 9.63 Å². The molecule has 0 fully saturated rings. The summed E-state index contributed by atoms with van der Waals surface area (Å²) in [6.45, 7) is 9.91. The molecule has 0 unspecified atom stereocenters. The number of hydrogen-bond donors (Lipinski definition) is 3. The average molecular weight is 500 g/mol. The van der Waals surface area contributed by atoms with Gasteiger partial charge in [0.1, 0.15) is 0 Å². The molecule has 30 heavy (non-hydrogen) atoms. The highest BCUT2D eigenvalue weighted by Gasteiger charge is 2.29. The topological polar surface area (TPSA) is 79.6 Å². The normalized spacial score (nSPS) is 15.0. The monoisotopic (exact) mass is 498 g/mol. The largest absolute Gasteiger partial charge is 0.351 e. The first-order chi connectivity index (χ1) is 14.1. The predicted molar refractivity (Wildman–Crippen MR) is 122 cm³/mol. The molecule has 1 aromatic rings. The molecule has 0 spiro atoms. The average Bonchev–Trinajstić information content (AvgIpc) is 2.69. The maximum atomic E-state index is 15.2. The molecule has 9 heteroatoms. The maximum absolute atomic E-state index is 15.2. The Morgan fingerprint density at radius 2 is 2.17 bits per heavy atom. The van der Waals surface area contributed by atoms with Gasteiger partial charge in [0, 0.05) is 22.3 Å². The zero-order valence-corrected chi connectivity index (χ0v) is 19.4. The molecule has 1 aliphatic rings. The van der Waals surface area contributed by atoms with Gasteiger partial charge in [-0.25, -0.2) is 9.87 Å². The molecule has 1 amide bonds.